The second-order valence-electron chi connectivity index (χ2n) is 5.03. The summed E-state index contributed by atoms with van der Waals surface area (Å²) in [5, 5.41) is 14.5. The van der Waals surface area contributed by atoms with Crippen LogP contribution >= 0.6 is 0 Å². The summed E-state index contributed by atoms with van der Waals surface area (Å²) in [6.45, 7) is 4.00. The fraction of sp³-hybridized carbons (Fsp3) is 0.200. The number of benzene rings is 1. The van der Waals surface area contributed by atoms with Crippen LogP contribution in [0.25, 0.3) is 11.5 Å². The van der Waals surface area contributed by atoms with E-state index in [-0.39, 0.29) is 11.9 Å². The second kappa shape index (κ2) is 5.80. The molecule has 3 aromatic rings. The first kappa shape index (κ1) is 14.0. The standard InChI is InChI=1S/C15H15N5O2/c1-10(2)20-13(6-7-17-20)18-14(21)11-4-3-5-12(8-11)15-19-16-9-22-15/h3-10H,1-2H3,(H,18,21). The Balaban J connectivity index is 1.84. The van der Waals surface area contributed by atoms with E-state index in [1.165, 1.54) is 6.39 Å². The van der Waals surface area contributed by atoms with Crippen molar-refractivity contribution in [3.05, 3.63) is 48.5 Å². The first-order valence-electron chi connectivity index (χ1n) is 6.86. The molecule has 7 nitrogen and oxygen atoms in total. The Morgan fingerprint density at radius 1 is 1.32 bits per heavy atom. The van der Waals surface area contributed by atoms with Gasteiger partial charge in [-0.1, -0.05) is 6.07 Å². The smallest absolute Gasteiger partial charge is 0.256 e. The highest BCUT2D eigenvalue weighted by Crippen LogP contribution is 2.19. The Morgan fingerprint density at radius 3 is 2.91 bits per heavy atom. The lowest BCUT2D eigenvalue weighted by molar-refractivity contribution is 0.102. The molecule has 0 saturated carbocycles. The topological polar surface area (TPSA) is 85.8 Å². The van der Waals surface area contributed by atoms with Gasteiger partial charge in [0.15, 0.2) is 0 Å². The highest BCUT2D eigenvalue weighted by molar-refractivity contribution is 6.04. The van der Waals surface area contributed by atoms with Crippen LogP contribution in [0.1, 0.15) is 30.2 Å². The van der Waals surface area contributed by atoms with E-state index in [0.29, 0.717) is 22.8 Å². The Kier molecular flexibility index (Phi) is 3.69. The largest absolute Gasteiger partial charge is 0.423 e. The van der Waals surface area contributed by atoms with Gasteiger partial charge >= 0.3 is 0 Å². The van der Waals surface area contributed by atoms with Gasteiger partial charge in [0.25, 0.3) is 5.91 Å². The predicted octanol–water partition coefficient (Wildman–Crippen LogP) is 2.77. The van der Waals surface area contributed by atoms with Gasteiger partial charge in [-0.15, -0.1) is 10.2 Å². The van der Waals surface area contributed by atoms with Crippen molar-refractivity contribution in [1.82, 2.24) is 20.0 Å². The van der Waals surface area contributed by atoms with Crippen LogP contribution in [0.5, 0.6) is 0 Å². The quantitative estimate of drug-likeness (QED) is 0.800. The molecule has 0 spiro atoms. The van der Waals surface area contributed by atoms with Crippen molar-refractivity contribution in [1.29, 1.82) is 0 Å². The summed E-state index contributed by atoms with van der Waals surface area (Å²) in [5.41, 5.74) is 1.20. The molecule has 3 rings (SSSR count). The molecule has 0 atom stereocenters. The zero-order valence-electron chi connectivity index (χ0n) is 12.2. The zero-order chi connectivity index (χ0) is 15.5. The summed E-state index contributed by atoms with van der Waals surface area (Å²) in [6.07, 6.45) is 2.91. The lowest BCUT2D eigenvalue weighted by atomic mass is 10.1. The molecule has 0 aliphatic rings. The average molecular weight is 297 g/mol. The number of hydrogen-bond acceptors (Lipinski definition) is 5. The third-order valence-corrected chi connectivity index (χ3v) is 3.13. The summed E-state index contributed by atoms with van der Waals surface area (Å²) in [6, 6.07) is 8.94. The SMILES string of the molecule is CC(C)n1nccc1NC(=O)c1cccc(-c2nnco2)c1. The normalized spacial score (nSPS) is 10.9. The monoisotopic (exact) mass is 297 g/mol. The number of amides is 1. The maximum absolute atomic E-state index is 12.4. The molecule has 0 fully saturated rings. The van der Waals surface area contributed by atoms with Crippen LogP contribution in [0, 0.1) is 0 Å². The molecule has 112 valence electrons. The first-order valence-corrected chi connectivity index (χ1v) is 6.86. The summed E-state index contributed by atoms with van der Waals surface area (Å²) in [5.74, 6) is 0.814. The molecule has 22 heavy (non-hydrogen) atoms. The van der Waals surface area contributed by atoms with Crippen LogP contribution in [0.15, 0.2) is 47.3 Å². The van der Waals surface area contributed by atoms with E-state index in [4.69, 9.17) is 4.42 Å². The molecule has 7 heteroatoms. The molecular weight excluding hydrogens is 282 g/mol. The number of rotatable bonds is 4. The van der Waals surface area contributed by atoms with Gasteiger partial charge in [0, 0.05) is 23.2 Å². The molecule has 0 radical (unpaired) electrons. The van der Waals surface area contributed by atoms with E-state index >= 15 is 0 Å². The van der Waals surface area contributed by atoms with E-state index in [9.17, 15) is 4.79 Å². The molecule has 1 aromatic carbocycles. The molecule has 1 amide bonds. The van der Waals surface area contributed by atoms with Crippen molar-refractivity contribution in [2.45, 2.75) is 19.9 Å². The minimum atomic E-state index is -0.219. The molecule has 2 heterocycles. The number of carbonyl (C=O) groups is 1. The Bertz CT molecular complexity index is 777. The number of anilines is 1. The summed E-state index contributed by atoms with van der Waals surface area (Å²) >= 11 is 0. The average Bonchev–Trinajstić information content (AvgIpc) is 3.18. The van der Waals surface area contributed by atoms with Crippen molar-refractivity contribution in [3.8, 4) is 11.5 Å². The van der Waals surface area contributed by atoms with Gasteiger partial charge in [0.2, 0.25) is 12.3 Å². The molecule has 0 aliphatic carbocycles. The number of hydrogen-bond donors (Lipinski definition) is 1. The van der Waals surface area contributed by atoms with Gasteiger partial charge in [0.05, 0.1) is 6.20 Å². The van der Waals surface area contributed by atoms with Gasteiger partial charge in [-0.25, -0.2) is 4.68 Å². The maximum atomic E-state index is 12.4. The van der Waals surface area contributed by atoms with Gasteiger partial charge < -0.3 is 9.73 Å². The van der Waals surface area contributed by atoms with Crippen molar-refractivity contribution in [3.63, 3.8) is 0 Å². The highest BCUT2D eigenvalue weighted by atomic mass is 16.4. The number of carbonyl (C=O) groups excluding carboxylic acids is 1. The van der Waals surface area contributed by atoms with Gasteiger partial charge in [-0.2, -0.15) is 5.10 Å². The van der Waals surface area contributed by atoms with E-state index in [1.807, 2.05) is 19.9 Å². The Morgan fingerprint density at radius 2 is 2.18 bits per heavy atom. The van der Waals surface area contributed by atoms with Crippen molar-refractivity contribution < 1.29 is 9.21 Å². The Hall–Kier alpha value is -2.96. The van der Waals surface area contributed by atoms with Gasteiger partial charge in [0.1, 0.15) is 5.82 Å². The number of nitrogens with one attached hydrogen (secondary N) is 1. The molecule has 0 bridgehead atoms. The Labute approximate surface area is 127 Å². The third kappa shape index (κ3) is 2.73. The number of aromatic nitrogens is 4. The van der Waals surface area contributed by atoms with Crippen LogP contribution in [-0.4, -0.2) is 25.9 Å². The molecule has 0 unspecified atom stereocenters. The summed E-state index contributed by atoms with van der Waals surface area (Å²) < 4.78 is 6.89. The fourth-order valence-electron chi connectivity index (χ4n) is 2.11. The first-order chi connectivity index (χ1) is 10.6. The van der Waals surface area contributed by atoms with Crippen molar-refractivity contribution >= 4 is 11.7 Å². The molecular formula is C15H15N5O2. The minimum absolute atomic E-state index is 0.162. The highest BCUT2D eigenvalue weighted by Gasteiger charge is 2.13. The predicted molar refractivity (Wildman–Crippen MR) is 80.3 cm³/mol. The van der Waals surface area contributed by atoms with E-state index in [2.05, 4.69) is 20.6 Å². The molecule has 2 aromatic heterocycles. The maximum Gasteiger partial charge on any atom is 0.256 e. The van der Waals surface area contributed by atoms with Crippen LogP contribution < -0.4 is 5.32 Å². The summed E-state index contributed by atoms with van der Waals surface area (Å²) in [4.78, 5) is 12.4. The number of nitrogens with zero attached hydrogens (tertiary/aromatic N) is 4. The van der Waals surface area contributed by atoms with E-state index in [0.717, 1.165) is 0 Å². The molecule has 0 saturated heterocycles. The second-order valence-corrected chi connectivity index (χ2v) is 5.03. The summed E-state index contributed by atoms with van der Waals surface area (Å²) in [7, 11) is 0. The van der Waals surface area contributed by atoms with Crippen LogP contribution in [0.3, 0.4) is 0 Å². The van der Waals surface area contributed by atoms with Crippen LogP contribution in [-0.2, 0) is 0 Å². The molecule has 0 aliphatic heterocycles. The molecule has 1 N–H and O–H groups in total. The van der Waals surface area contributed by atoms with E-state index < -0.39 is 0 Å². The van der Waals surface area contributed by atoms with Gasteiger partial charge in [-0.3, -0.25) is 4.79 Å². The lowest BCUT2D eigenvalue weighted by Crippen LogP contribution is -2.16. The lowest BCUT2D eigenvalue weighted by Gasteiger charge is -2.12. The van der Waals surface area contributed by atoms with Crippen molar-refractivity contribution in [2.75, 3.05) is 5.32 Å². The van der Waals surface area contributed by atoms with Crippen LogP contribution in [0.4, 0.5) is 5.82 Å². The fourth-order valence-corrected chi connectivity index (χ4v) is 2.11. The van der Waals surface area contributed by atoms with Crippen molar-refractivity contribution in [2.24, 2.45) is 0 Å². The minimum Gasteiger partial charge on any atom is -0.423 e. The zero-order valence-corrected chi connectivity index (χ0v) is 12.2. The van der Waals surface area contributed by atoms with Crippen LogP contribution in [0.2, 0.25) is 0 Å². The van der Waals surface area contributed by atoms with Gasteiger partial charge in [-0.05, 0) is 32.0 Å². The van der Waals surface area contributed by atoms with E-state index in [1.54, 1.807) is 35.1 Å². The third-order valence-electron chi connectivity index (χ3n) is 3.13.